The van der Waals surface area contributed by atoms with E-state index in [2.05, 4.69) is 11.6 Å². The van der Waals surface area contributed by atoms with Crippen LogP contribution >= 0.6 is 11.3 Å². The largest absolute Gasteiger partial charge is 0.508 e. The van der Waals surface area contributed by atoms with Crippen molar-refractivity contribution in [3.63, 3.8) is 0 Å². The Kier molecular flexibility index (Phi) is 18.8. The normalized spacial score (nSPS) is 24.8. The van der Waals surface area contributed by atoms with Gasteiger partial charge in [0.25, 0.3) is 11.8 Å². The molecule has 2 amide bonds. The molecule has 0 aliphatic carbocycles. The van der Waals surface area contributed by atoms with Crippen LogP contribution < -0.4 is 4.74 Å². The van der Waals surface area contributed by atoms with Gasteiger partial charge in [0.2, 0.25) is 5.75 Å². The third-order valence-corrected chi connectivity index (χ3v) is 14.9. The van der Waals surface area contributed by atoms with E-state index in [4.69, 9.17) is 23.7 Å². The fraction of sp³-hybridized carbons (Fsp3) is 0.566. The number of rotatable bonds is 19. The van der Waals surface area contributed by atoms with Crippen LogP contribution in [0.4, 0.5) is 10.5 Å². The summed E-state index contributed by atoms with van der Waals surface area (Å²) >= 11 is 1.57. The summed E-state index contributed by atoms with van der Waals surface area (Å²) in [5, 5.41) is 24.6. The Balaban J connectivity index is 1.03. The molecule has 1 N–H and O–H groups in total. The lowest BCUT2D eigenvalue weighted by Crippen LogP contribution is -2.47. The number of benzene rings is 2. The fourth-order valence-corrected chi connectivity index (χ4v) is 10.3. The zero-order valence-electron chi connectivity index (χ0n) is 41.4. The second-order valence-corrected chi connectivity index (χ2v) is 21.0. The number of carbonyl (C=O) groups excluding carboxylic acids is 6. The van der Waals surface area contributed by atoms with Crippen LogP contribution in [-0.2, 0) is 49.5 Å². The number of esters is 2. The van der Waals surface area contributed by atoms with Crippen molar-refractivity contribution in [1.82, 2.24) is 9.88 Å². The number of epoxide rings is 1. The van der Waals surface area contributed by atoms with E-state index in [0.29, 0.717) is 38.6 Å². The van der Waals surface area contributed by atoms with Gasteiger partial charge in [-0.05, 0) is 81.2 Å². The van der Waals surface area contributed by atoms with Crippen LogP contribution in [-0.4, -0.2) is 86.1 Å². The van der Waals surface area contributed by atoms with Gasteiger partial charge in [0.1, 0.15) is 24.6 Å². The van der Waals surface area contributed by atoms with Gasteiger partial charge in [-0.25, -0.2) is 9.78 Å². The van der Waals surface area contributed by atoms with Crippen LogP contribution in [0.25, 0.3) is 10.2 Å². The summed E-state index contributed by atoms with van der Waals surface area (Å²) in [6.07, 6.45) is 8.12. The number of amides is 2. The predicted octanol–water partition coefficient (Wildman–Crippen LogP) is 10.1. The monoisotopic (exact) mass is 1000 g/mol. The minimum absolute atomic E-state index is 0.0667. The molecule has 0 spiro atoms. The second kappa shape index (κ2) is 24.5. The number of ketones is 1. The van der Waals surface area contributed by atoms with E-state index in [1.165, 1.54) is 35.3 Å². The molecular weight excluding hydrogens is 935 g/mol. The van der Waals surface area contributed by atoms with Gasteiger partial charge in [-0.2, -0.15) is 0 Å². The molecule has 71 heavy (non-hydrogen) atoms. The molecule has 2 aromatic carbocycles. The number of hydrogen-bond donors (Lipinski definition) is 1. The number of carbonyl (C=O) groups is 6. The van der Waals surface area contributed by atoms with Crippen LogP contribution in [0.1, 0.15) is 146 Å². The molecule has 18 heteroatoms. The number of fused-ring (bicyclic) bond motifs is 2. The summed E-state index contributed by atoms with van der Waals surface area (Å²) in [6.45, 7) is 12.7. The Labute approximate surface area is 418 Å². The van der Waals surface area contributed by atoms with Crippen molar-refractivity contribution < 1.29 is 62.5 Å². The van der Waals surface area contributed by atoms with Gasteiger partial charge in [0.05, 0.1) is 55.7 Å². The Morgan fingerprint density at radius 3 is 2.38 bits per heavy atom. The third-order valence-electron chi connectivity index (χ3n) is 13.9. The van der Waals surface area contributed by atoms with E-state index in [-0.39, 0.29) is 42.1 Å². The number of ether oxygens (including phenoxy) is 5. The molecule has 3 aliphatic rings. The number of Topliss-reactive ketones (excluding diaryl/α,β-unsaturated/α-hetero) is 1. The highest BCUT2D eigenvalue weighted by Gasteiger charge is 2.53. The van der Waals surface area contributed by atoms with E-state index in [1.54, 1.807) is 25.2 Å². The highest BCUT2D eigenvalue weighted by molar-refractivity contribution is 7.18. The van der Waals surface area contributed by atoms with Crippen molar-refractivity contribution in [3.8, 4) is 5.75 Å². The lowest BCUT2D eigenvalue weighted by molar-refractivity contribution is -0.385. The Hall–Kier alpha value is -5.85. The van der Waals surface area contributed by atoms with Gasteiger partial charge < -0.3 is 28.8 Å². The van der Waals surface area contributed by atoms with Crippen molar-refractivity contribution in [2.45, 2.75) is 168 Å². The molecule has 4 heterocycles. The quantitative estimate of drug-likeness (QED) is 0.0172. The van der Waals surface area contributed by atoms with Gasteiger partial charge in [0.15, 0.2) is 0 Å². The summed E-state index contributed by atoms with van der Waals surface area (Å²) in [5.41, 5.74) is -0.746. The van der Waals surface area contributed by atoms with E-state index in [9.17, 15) is 44.0 Å². The van der Waals surface area contributed by atoms with Crippen LogP contribution in [0, 0.1) is 34.3 Å². The fourth-order valence-electron chi connectivity index (χ4n) is 9.48. The van der Waals surface area contributed by atoms with Gasteiger partial charge in [-0.15, -0.1) is 17.9 Å². The molecular formula is C53H67N3O14S. The molecule has 1 aromatic heterocycles. The maximum absolute atomic E-state index is 14.6. The first-order chi connectivity index (χ1) is 33.8. The number of cyclic esters (lactones) is 1. The summed E-state index contributed by atoms with van der Waals surface area (Å²) in [4.78, 5) is 94.9. The number of imide groups is 1. The number of allylic oxidation sites excluding steroid dienone is 1. The average Bonchev–Trinajstić information content (AvgIpc) is 3.60. The van der Waals surface area contributed by atoms with Crippen molar-refractivity contribution in [2.24, 2.45) is 17.3 Å². The number of aliphatic hydroxyl groups is 1. The predicted molar refractivity (Wildman–Crippen MR) is 263 cm³/mol. The number of nitro groups is 1. The van der Waals surface area contributed by atoms with Crippen LogP contribution in [0.5, 0.6) is 5.75 Å². The minimum atomic E-state index is -1.51. The second-order valence-electron chi connectivity index (χ2n) is 19.8. The first kappa shape index (κ1) is 54.5. The van der Waals surface area contributed by atoms with E-state index in [1.807, 2.05) is 39.0 Å². The van der Waals surface area contributed by atoms with Crippen molar-refractivity contribution in [3.05, 3.63) is 87.5 Å². The van der Waals surface area contributed by atoms with Gasteiger partial charge in [0, 0.05) is 37.6 Å². The first-order valence-corrected chi connectivity index (χ1v) is 25.5. The molecule has 17 nitrogen and oxygen atoms in total. The molecule has 384 valence electrons. The summed E-state index contributed by atoms with van der Waals surface area (Å²) in [6, 6.07) is 9.64. The van der Waals surface area contributed by atoms with E-state index >= 15 is 0 Å². The highest BCUT2D eigenvalue weighted by atomic mass is 32.1. The third kappa shape index (κ3) is 14.6. The summed E-state index contributed by atoms with van der Waals surface area (Å²) in [7, 11) is 0. The molecule has 7 unspecified atom stereocenters. The SMILES string of the molecule is C=CCC1C(=O)C(C)(C)C(O)CC(=O)OC(c2ccc3sc(C)nc3c2)CC2OC2(C)CCCC(C)C1OC(=O)OCc1ccc(OC(=O)CCCCCCCCCCN2C(=O)C=CC2=O)c([N+](=O)[O-])c1. The summed E-state index contributed by atoms with van der Waals surface area (Å²) in [5.74, 6) is -3.95. The van der Waals surface area contributed by atoms with E-state index in [0.717, 1.165) is 71.8 Å². The molecule has 0 bridgehead atoms. The summed E-state index contributed by atoms with van der Waals surface area (Å²) < 4.78 is 30.1. The number of aryl methyl sites for hydroxylation is 1. The van der Waals surface area contributed by atoms with Gasteiger partial charge >= 0.3 is 23.8 Å². The number of nitrogens with zero attached hydrogens (tertiary/aromatic N) is 3. The topological polar surface area (TPSA) is 231 Å². The van der Waals surface area contributed by atoms with E-state index < -0.39 is 88.7 Å². The van der Waals surface area contributed by atoms with Crippen LogP contribution in [0.2, 0.25) is 0 Å². The Morgan fingerprint density at radius 2 is 1.69 bits per heavy atom. The standard InChI is InChI=1S/C53H67N3O14S/c1-7-17-37-49(33(2)18-16-26-53(6)44(70-53)30-41(36-21-23-42-38(29-36)54-34(3)71-42)68-48(61)31-43(57)52(4,5)50(37)62)69-51(63)66-32-35-20-22-40(39(28-35)56(64)65)67-47(60)19-14-12-10-8-9-11-13-15-27-55-45(58)24-25-46(55)59/h7,20-25,28-29,33,37,41,43-44,49,57H,1,8-19,26-27,30-32H2,2-6H3. The van der Waals surface area contributed by atoms with Crippen molar-refractivity contribution in [1.29, 1.82) is 0 Å². The number of thiazole rings is 1. The highest BCUT2D eigenvalue weighted by Crippen LogP contribution is 2.47. The molecule has 3 aromatic rings. The number of unbranched alkanes of at least 4 members (excludes halogenated alkanes) is 7. The van der Waals surface area contributed by atoms with Crippen LogP contribution in [0.3, 0.4) is 0 Å². The first-order valence-electron chi connectivity index (χ1n) is 24.7. The molecule has 6 rings (SSSR count). The van der Waals surface area contributed by atoms with Gasteiger partial charge in [-0.1, -0.05) is 83.9 Å². The van der Waals surface area contributed by atoms with Gasteiger partial charge in [-0.3, -0.25) is 39.0 Å². The lowest BCUT2D eigenvalue weighted by Gasteiger charge is -2.37. The number of nitro benzene ring substituents is 1. The molecule has 3 aliphatic heterocycles. The molecule has 0 saturated carbocycles. The van der Waals surface area contributed by atoms with Crippen LogP contribution in [0.15, 0.2) is 61.2 Å². The lowest BCUT2D eigenvalue weighted by atomic mass is 9.71. The molecule has 0 radical (unpaired) electrons. The van der Waals surface area contributed by atoms with Crippen molar-refractivity contribution >= 4 is 62.9 Å². The molecule has 2 saturated heterocycles. The number of aromatic nitrogens is 1. The molecule has 2 fully saturated rings. The number of aliphatic hydroxyl groups excluding tert-OH is 1. The van der Waals surface area contributed by atoms with Crippen molar-refractivity contribution in [2.75, 3.05) is 6.54 Å². The molecule has 7 atom stereocenters. The zero-order chi connectivity index (χ0) is 51.5. The number of hydrogen-bond acceptors (Lipinski definition) is 16. The zero-order valence-corrected chi connectivity index (χ0v) is 42.2. The smallest absolute Gasteiger partial charge is 0.457 e. The average molecular weight is 1000 g/mol. The maximum atomic E-state index is 14.6. The maximum Gasteiger partial charge on any atom is 0.508 e. The minimum Gasteiger partial charge on any atom is -0.457 e. The Bertz CT molecular complexity index is 2470. The Morgan fingerprint density at radius 1 is 1.00 bits per heavy atom.